The Balaban J connectivity index is 2.45. The highest BCUT2D eigenvalue weighted by Crippen LogP contribution is 2.13. The van der Waals surface area contributed by atoms with Gasteiger partial charge in [0.2, 0.25) is 0 Å². The standard InChI is InChI=1S/C12H16F4N2O/c13-9-1-2-11(14)8(5-9)6-10(18-17)3-4-19-7-12(15)16/h1-2,5,10,12,18H,3-4,6-7,17H2. The number of nitrogens with one attached hydrogen (secondary N) is 1. The summed E-state index contributed by atoms with van der Waals surface area (Å²) in [4.78, 5) is 0. The van der Waals surface area contributed by atoms with Gasteiger partial charge in [-0.15, -0.1) is 0 Å². The third-order valence-corrected chi connectivity index (χ3v) is 2.56. The molecule has 0 aliphatic heterocycles. The molecule has 1 unspecified atom stereocenters. The lowest BCUT2D eigenvalue weighted by atomic mass is 10.0. The van der Waals surface area contributed by atoms with Crippen LogP contribution < -0.4 is 11.3 Å². The van der Waals surface area contributed by atoms with Crippen molar-refractivity contribution in [3.8, 4) is 0 Å². The number of ether oxygens (including phenoxy) is 1. The number of hydrazine groups is 1. The largest absolute Gasteiger partial charge is 0.375 e. The van der Waals surface area contributed by atoms with E-state index >= 15 is 0 Å². The Hall–Kier alpha value is -1.18. The Morgan fingerprint density at radius 1 is 1.26 bits per heavy atom. The molecule has 1 rings (SSSR count). The summed E-state index contributed by atoms with van der Waals surface area (Å²) in [5.41, 5.74) is 2.61. The maximum absolute atomic E-state index is 13.4. The molecule has 0 amide bonds. The molecule has 108 valence electrons. The average Bonchev–Trinajstić information content (AvgIpc) is 2.37. The highest BCUT2D eigenvalue weighted by molar-refractivity contribution is 5.19. The van der Waals surface area contributed by atoms with Crippen LogP contribution in [0.4, 0.5) is 17.6 Å². The summed E-state index contributed by atoms with van der Waals surface area (Å²) in [5.74, 6) is 4.21. The van der Waals surface area contributed by atoms with E-state index in [1.165, 1.54) is 0 Å². The molecule has 0 radical (unpaired) electrons. The van der Waals surface area contributed by atoms with E-state index in [-0.39, 0.29) is 24.6 Å². The fourth-order valence-electron chi connectivity index (χ4n) is 1.61. The Morgan fingerprint density at radius 2 is 2.00 bits per heavy atom. The topological polar surface area (TPSA) is 47.3 Å². The second-order valence-electron chi connectivity index (χ2n) is 4.06. The van der Waals surface area contributed by atoms with Crippen LogP contribution in [0.25, 0.3) is 0 Å². The maximum atomic E-state index is 13.4. The molecular weight excluding hydrogens is 264 g/mol. The van der Waals surface area contributed by atoms with E-state index in [9.17, 15) is 17.6 Å². The van der Waals surface area contributed by atoms with Crippen LogP contribution in [0.1, 0.15) is 12.0 Å². The number of halogens is 4. The molecule has 0 saturated carbocycles. The Morgan fingerprint density at radius 3 is 2.63 bits per heavy atom. The number of rotatable bonds is 8. The van der Waals surface area contributed by atoms with Crippen molar-refractivity contribution in [1.82, 2.24) is 5.43 Å². The van der Waals surface area contributed by atoms with Crippen LogP contribution in [0, 0.1) is 11.6 Å². The smallest absolute Gasteiger partial charge is 0.261 e. The average molecular weight is 280 g/mol. The summed E-state index contributed by atoms with van der Waals surface area (Å²) < 4.78 is 54.7. The molecule has 0 aromatic heterocycles. The molecule has 1 atom stereocenters. The quantitative estimate of drug-likeness (QED) is 0.331. The molecule has 0 saturated heterocycles. The first-order chi connectivity index (χ1) is 9.02. The van der Waals surface area contributed by atoms with Gasteiger partial charge in [-0.05, 0) is 36.6 Å². The van der Waals surface area contributed by atoms with Gasteiger partial charge < -0.3 is 4.74 Å². The summed E-state index contributed by atoms with van der Waals surface area (Å²) in [6.45, 7) is -0.582. The van der Waals surface area contributed by atoms with Crippen LogP contribution in [0.3, 0.4) is 0 Å². The van der Waals surface area contributed by atoms with E-state index in [1.807, 2.05) is 0 Å². The lowest BCUT2D eigenvalue weighted by Gasteiger charge is -2.16. The Labute approximate surface area is 108 Å². The zero-order valence-corrected chi connectivity index (χ0v) is 10.2. The highest BCUT2D eigenvalue weighted by atomic mass is 19.3. The van der Waals surface area contributed by atoms with Crippen LogP contribution in [0.15, 0.2) is 18.2 Å². The predicted molar refractivity (Wildman–Crippen MR) is 62.6 cm³/mol. The normalized spacial score (nSPS) is 12.9. The molecule has 3 N–H and O–H groups in total. The van der Waals surface area contributed by atoms with Crippen LogP contribution in [0.5, 0.6) is 0 Å². The lowest BCUT2D eigenvalue weighted by Crippen LogP contribution is -2.38. The monoisotopic (exact) mass is 280 g/mol. The van der Waals surface area contributed by atoms with Gasteiger partial charge in [-0.3, -0.25) is 11.3 Å². The fourth-order valence-corrected chi connectivity index (χ4v) is 1.61. The Kier molecular flexibility index (Phi) is 6.75. The van der Waals surface area contributed by atoms with Gasteiger partial charge in [0.1, 0.15) is 18.2 Å². The molecule has 1 aromatic rings. The lowest BCUT2D eigenvalue weighted by molar-refractivity contribution is 0.0144. The van der Waals surface area contributed by atoms with Crippen LogP contribution in [-0.4, -0.2) is 25.7 Å². The predicted octanol–water partition coefficient (Wildman–Crippen LogP) is 2.01. The molecular formula is C12H16F4N2O. The van der Waals surface area contributed by atoms with Crippen LogP contribution >= 0.6 is 0 Å². The summed E-state index contributed by atoms with van der Waals surface area (Å²) in [6.07, 6.45) is -2.05. The molecule has 7 heteroatoms. The molecule has 0 aliphatic carbocycles. The number of alkyl halides is 2. The van der Waals surface area contributed by atoms with E-state index in [2.05, 4.69) is 5.43 Å². The summed E-state index contributed by atoms with van der Waals surface area (Å²) in [5, 5.41) is 0. The van der Waals surface area contributed by atoms with Crippen molar-refractivity contribution in [3.63, 3.8) is 0 Å². The van der Waals surface area contributed by atoms with Gasteiger partial charge in [0.25, 0.3) is 6.43 Å². The molecule has 0 heterocycles. The van der Waals surface area contributed by atoms with Crippen molar-refractivity contribution >= 4 is 0 Å². The Bertz CT molecular complexity index is 390. The van der Waals surface area contributed by atoms with Gasteiger partial charge in [-0.25, -0.2) is 17.6 Å². The minimum atomic E-state index is -2.52. The van der Waals surface area contributed by atoms with Crippen LogP contribution in [-0.2, 0) is 11.2 Å². The summed E-state index contributed by atoms with van der Waals surface area (Å²) in [6, 6.07) is 2.76. The molecule has 0 fully saturated rings. The number of benzene rings is 1. The van der Waals surface area contributed by atoms with E-state index in [1.54, 1.807) is 0 Å². The summed E-state index contributed by atoms with van der Waals surface area (Å²) in [7, 11) is 0. The molecule has 3 nitrogen and oxygen atoms in total. The zero-order valence-electron chi connectivity index (χ0n) is 10.2. The first-order valence-corrected chi connectivity index (χ1v) is 5.79. The van der Waals surface area contributed by atoms with Crippen molar-refractivity contribution in [1.29, 1.82) is 0 Å². The van der Waals surface area contributed by atoms with Gasteiger partial charge in [0, 0.05) is 12.6 Å². The van der Waals surface area contributed by atoms with E-state index in [4.69, 9.17) is 10.6 Å². The zero-order chi connectivity index (χ0) is 14.3. The van der Waals surface area contributed by atoms with Crippen molar-refractivity contribution < 1.29 is 22.3 Å². The number of hydrogen-bond donors (Lipinski definition) is 2. The second-order valence-corrected chi connectivity index (χ2v) is 4.06. The van der Waals surface area contributed by atoms with Gasteiger partial charge in [0.05, 0.1) is 0 Å². The molecule has 0 aliphatic rings. The number of hydrogen-bond acceptors (Lipinski definition) is 3. The minimum absolute atomic E-state index is 0.0656. The summed E-state index contributed by atoms with van der Waals surface area (Å²) >= 11 is 0. The van der Waals surface area contributed by atoms with E-state index < -0.39 is 24.7 Å². The van der Waals surface area contributed by atoms with Crippen molar-refractivity contribution in [3.05, 3.63) is 35.4 Å². The first kappa shape index (κ1) is 15.9. The third kappa shape index (κ3) is 6.00. The van der Waals surface area contributed by atoms with Gasteiger partial charge in [-0.2, -0.15) is 0 Å². The van der Waals surface area contributed by atoms with Gasteiger partial charge >= 0.3 is 0 Å². The van der Waals surface area contributed by atoms with Gasteiger partial charge in [0.15, 0.2) is 0 Å². The van der Waals surface area contributed by atoms with Crippen molar-refractivity contribution in [2.45, 2.75) is 25.3 Å². The molecule has 0 spiro atoms. The van der Waals surface area contributed by atoms with Crippen LogP contribution in [0.2, 0.25) is 0 Å². The molecule has 1 aromatic carbocycles. The maximum Gasteiger partial charge on any atom is 0.261 e. The van der Waals surface area contributed by atoms with Gasteiger partial charge in [-0.1, -0.05) is 0 Å². The van der Waals surface area contributed by atoms with Crippen molar-refractivity contribution in [2.24, 2.45) is 5.84 Å². The molecule has 0 bridgehead atoms. The molecule has 19 heavy (non-hydrogen) atoms. The van der Waals surface area contributed by atoms with E-state index in [0.717, 1.165) is 18.2 Å². The number of nitrogens with two attached hydrogens (primary N) is 1. The third-order valence-electron chi connectivity index (χ3n) is 2.56. The van der Waals surface area contributed by atoms with Crippen molar-refractivity contribution in [2.75, 3.05) is 13.2 Å². The second kappa shape index (κ2) is 8.08. The minimum Gasteiger partial charge on any atom is -0.375 e. The van der Waals surface area contributed by atoms with E-state index in [0.29, 0.717) is 6.42 Å². The highest BCUT2D eigenvalue weighted by Gasteiger charge is 2.12. The fraction of sp³-hybridized carbons (Fsp3) is 0.500. The SMILES string of the molecule is NNC(CCOCC(F)F)Cc1cc(F)ccc1F. The first-order valence-electron chi connectivity index (χ1n) is 5.79.